The first kappa shape index (κ1) is 39.7. The number of halogens is 3. The van der Waals surface area contributed by atoms with E-state index >= 15 is 0 Å². The Morgan fingerprint density at radius 1 is 0.607 bits per heavy atom. The van der Waals surface area contributed by atoms with Gasteiger partial charge in [0.05, 0.1) is 18.0 Å². The third-order valence-electron chi connectivity index (χ3n) is 11.8. The minimum atomic E-state index is -4.54. The van der Waals surface area contributed by atoms with Crippen molar-refractivity contribution in [3.05, 3.63) is 156 Å². The highest BCUT2D eigenvalue weighted by Crippen LogP contribution is 2.42. The molecule has 0 unspecified atom stereocenters. The summed E-state index contributed by atoms with van der Waals surface area (Å²) in [6.07, 6.45) is 1.73. The van der Waals surface area contributed by atoms with Gasteiger partial charge in [-0.3, -0.25) is 0 Å². The Morgan fingerprint density at radius 2 is 1.05 bits per heavy atom. The van der Waals surface area contributed by atoms with Crippen molar-refractivity contribution >= 4 is 17.3 Å². The van der Waals surface area contributed by atoms with Crippen LogP contribution in [0, 0.1) is 0 Å². The van der Waals surface area contributed by atoms with Crippen LogP contribution in [0.3, 0.4) is 0 Å². The summed E-state index contributed by atoms with van der Waals surface area (Å²) >= 11 is 0. The zero-order valence-corrected chi connectivity index (χ0v) is 33.4. The number of fused-ring (bicyclic) bond motifs is 2. The van der Waals surface area contributed by atoms with Gasteiger partial charge >= 0.3 is 12.1 Å². The van der Waals surface area contributed by atoms with Crippen LogP contribution in [0.5, 0.6) is 0 Å². The smallest absolute Gasteiger partial charge is 0.435 e. The highest BCUT2D eigenvalue weighted by atomic mass is 19.4. The summed E-state index contributed by atoms with van der Waals surface area (Å²) in [4.78, 5) is 21.7. The number of imidazole rings is 2. The summed E-state index contributed by atoms with van der Waals surface area (Å²) in [6, 6.07) is 41.1. The number of ether oxygens (including phenoxy) is 1. The summed E-state index contributed by atoms with van der Waals surface area (Å²) < 4.78 is 47.9. The van der Waals surface area contributed by atoms with Crippen molar-refractivity contribution in [2.24, 2.45) is 11.5 Å². The molecule has 0 saturated heterocycles. The highest BCUT2D eigenvalue weighted by Gasteiger charge is 2.36. The largest absolute Gasteiger partial charge is 0.461 e. The molecule has 10 nitrogen and oxygen atoms in total. The first-order chi connectivity index (χ1) is 29.4. The minimum Gasteiger partial charge on any atom is -0.461 e. The number of nitrogens with two attached hydrogens (primary N) is 2. The molecule has 0 atom stereocenters. The number of hydrogen-bond acceptors (Lipinski definition) is 8. The minimum absolute atomic E-state index is 0.199. The van der Waals surface area contributed by atoms with E-state index in [1.54, 1.807) is 23.6 Å². The van der Waals surface area contributed by atoms with Gasteiger partial charge in [0.2, 0.25) is 0 Å². The Hall–Kier alpha value is -6.70. The van der Waals surface area contributed by atoms with Crippen molar-refractivity contribution < 1.29 is 22.7 Å². The molecule has 4 aromatic carbocycles. The lowest BCUT2D eigenvalue weighted by molar-refractivity contribution is -0.141. The number of alkyl halides is 3. The van der Waals surface area contributed by atoms with E-state index in [0.717, 1.165) is 82.9 Å². The number of esters is 1. The second-order valence-electron chi connectivity index (χ2n) is 15.7. The maximum Gasteiger partial charge on any atom is 0.435 e. The fraction of sp³-hybridized carbons (Fsp3) is 0.229. The zero-order valence-electron chi connectivity index (χ0n) is 33.4. The Balaban J connectivity index is 0.000000156. The normalized spacial score (nSPS) is 15.4. The Bertz CT molecular complexity index is 2850. The molecule has 0 spiro atoms. The van der Waals surface area contributed by atoms with Gasteiger partial charge < -0.3 is 16.2 Å². The molecule has 61 heavy (non-hydrogen) atoms. The van der Waals surface area contributed by atoms with Crippen molar-refractivity contribution in [3.8, 4) is 45.0 Å². The van der Waals surface area contributed by atoms with E-state index in [1.165, 1.54) is 17.0 Å². The lowest BCUT2D eigenvalue weighted by Gasteiger charge is -2.38. The fourth-order valence-corrected chi connectivity index (χ4v) is 8.06. The lowest BCUT2D eigenvalue weighted by Crippen LogP contribution is -2.43. The summed E-state index contributed by atoms with van der Waals surface area (Å²) in [6.45, 7) is 2.08. The monoisotopic (exact) mass is 820 g/mol. The Kier molecular flexibility index (Phi) is 10.2. The van der Waals surface area contributed by atoms with E-state index in [0.29, 0.717) is 29.3 Å². The average Bonchev–Trinajstić information content (AvgIpc) is 3.84. The predicted molar refractivity (Wildman–Crippen MR) is 228 cm³/mol. The summed E-state index contributed by atoms with van der Waals surface area (Å²) in [5.74, 6) is -0.447. The van der Waals surface area contributed by atoms with Crippen molar-refractivity contribution in [2.75, 3.05) is 6.61 Å². The molecule has 0 aliphatic heterocycles. The van der Waals surface area contributed by atoms with Gasteiger partial charge in [0.15, 0.2) is 22.7 Å². The Labute approximate surface area is 350 Å². The standard InChI is InChI=1S/C25H24N4O2.C23H19F3N4/c1-2-31-24(30)20-13-14-21-27-22(23(29(21)28-20)18-7-4-3-5-8-18)17-9-11-19(12-10-17)25(26)15-6-16-25;24-23(25,26)18-11-12-19-28-20(21(30(19)29-18)16-5-2-1-3-6-16)15-7-9-17(10-8-15)22(27)13-4-14-22/h3-5,7-14H,2,6,15-16,26H2,1H3;1-3,5-12H,4,13-14,27H2. The highest BCUT2D eigenvalue weighted by molar-refractivity contribution is 5.88. The van der Waals surface area contributed by atoms with Gasteiger partial charge in [-0.2, -0.15) is 23.4 Å². The molecule has 0 bridgehead atoms. The van der Waals surface area contributed by atoms with Gasteiger partial charge in [-0.1, -0.05) is 109 Å². The number of nitrogens with zero attached hydrogens (tertiary/aromatic N) is 6. The molecule has 0 amide bonds. The van der Waals surface area contributed by atoms with E-state index in [4.69, 9.17) is 21.2 Å². The van der Waals surface area contributed by atoms with Crippen LogP contribution in [0.4, 0.5) is 13.2 Å². The maximum absolute atomic E-state index is 13.3. The van der Waals surface area contributed by atoms with Crippen molar-refractivity contribution in [2.45, 2.75) is 62.7 Å². The third-order valence-corrected chi connectivity index (χ3v) is 11.8. The van der Waals surface area contributed by atoms with Gasteiger partial charge in [0.1, 0.15) is 11.4 Å². The third kappa shape index (κ3) is 7.55. The van der Waals surface area contributed by atoms with Crippen LogP contribution in [0.25, 0.3) is 56.3 Å². The number of hydrogen-bond donors (Lipinski definition) is 2. The van der Waals surface area contributed by atoms with E-state index in [2.05, 4.69) is 39.4 Å². The molecule has 13 heteroatoms. The molecule has 2 aliphatic carbocycles. The van der Waals surface area contributed by atoms with E-state index in [1.807, 2.05) is 84.9 Å². The number of carbonyl (C=O) groups excluding carboxylic acids is 1. The molecule has 10 rings (SSSR count). The number of rotatable bonds is 8. The molecule has 0 radical (unpaired) electrons. The average molecular weight is 821 g/mol. The van der Waals surface area contributed by atoms with Crippen LogP contribution in [0.1, 0.15) is 72.8 Å². The first-order valence-electron chi connectivity index (χ1n) is 20.4. The number of aromatic nitrogens is 6. The molecular formula is C48H43F3N8O2. The molecule has 4 N–H and O–H groups in total. The number of benzene rings is 4. The Morgan fingerprint density at radius 3 is 1.46 bits per heavy atom. The molecule has 2 saturated carbocycles. The molecule has 8 aromatic rings. The zero-order chi connectivity index (χ0) is 42.4. The second-order valence-corrected chi connectivity index (χ2v) is 15.7. The first-order valence-corrected chi connectivity index (χ1v) is 20.4. The molecular weight excluding hydrogens is 778 g/mol. The maximum atomic E-state index is 13.3. The SMILES string of the molecule is CCOC(=O)c1ccc2nc(-c3ccc(C4(N)CCC4)cc3)c(-c3ccccc3)n2n1.NC1(c2ccc(-c3nc4ccc(C(F)(F)F)nn4c3-c3ccccc3)cc2)CCC1. The van der Waals surface area contributed by atoms with E-state index in [-0.39, 0.29) is 16.8 Å². The van der Waals surface area contributed by atoms with Gasteiger partial charge in [-0.25, -0.2) is 23.8 Å². The summed E-state index contributed by atoms with van der Waals surface area (Å²) in [5, 5.41) is 8.41. The predicted octanol–water partition coefficient (Wildman–Crippen LogP) is 10.00. The van der Waals surface area contributed by atoms with Gasteiger partial charge in [-0.15, -0.1) is 0 Å². The van der Waals surface area contributed by atoms with Crippen molar-refractivity contribution in [3.63, 3.8) is 0 Å². The van der Waals surface area contributed by atoms with E-state index in [9.17, 15) is 18.0 Å². The molecule has 2 aliphatic rings. The summed E-state index contributed by atoms with van der Waals surface area (Å²) in [5.41, 5.74) is 21.2. The quantitative estimate of drug-likeness (QED) is 0.145. The van der Waals surface area contributed by atoms with Gasteiger partial charge in [-0.05, 0) is 80.8 Å². The fourth-order valence-electron chi connectivity index (χ4n) is 8.06. The van der Waals surface area contributed by atoms with Crippen LogP contribution >= 0.6 is 0 Å². The molecule has 308 valence electrons. The van der Waals surface area contributed by atoms with Crippen LogP contribution in [-0.4, -0.2) is 41.8 Å². The van der Waals surface area contributed by atoms with Gasteiger partial charge in [0.25, 0.3) is 0 Å². The van der Waals surface area contributed by atoms with Crippen LogP contribution in [-0.2, 0) is 22.0 Å². The lowest BCUT2D eigenvalue weighted by atomic mass is 9.72. The van der Waals surface area contributed by atoms with Crippen molar-refractivity contribution in [1.29, 1.82) is 0 Å². The van der Waals surface area contributed by atoms with Crippen LogP contribution in [0.2, 0.25) is 0 Å². The van der Waals surface area contributed by atoms with Crippen LogP contribution < -0.4 is 11.5 Å². The topological polar surface area (TPSA) is 139 Å². The van der Waals surface area contributed by atoms with Crippen molar-refractivity contribution in [1.82, 2.24) is 29.2 Å². The molecule has 4 heterocycles. The van der Waals surface area contributed by atoms with Gasteiger partial charge in [0, 0.05) is 33.3 Å². The molecule has 2 fully saturated rings. The second kappa shape index (κ2) is 15.7. The number of carbonyl (C=O) groups is 1. The van der Waals surface area contributed by atoms with Crippen LogP contribution in [0.15, 0.2) is 133 Å². The molecule has 4 aromatic heterocycles. The summed E-state index contributed by atoms with van der Waals surface area (Å²) in [7, 11) is 0. The van der Waals surface area contributed by atoms with E-state index < -0.39 is 17.8 Å².